The van der Waals surface area contributed by atoms with Crippen LogP contribution in [0.4, 0.5) is 5.00 Å². The molecular weight excluding hydrogens is 338 g/mol. The summed E-state index contributed by atoms with van der Waals surface area (Å²) < 4.78 is 5.10. The van der Waals surface area contributed by atoms with Crippen molar-refractivity contribution in [2.75, 3.05) is 11.9 Å². The smallest absolute Gasteiger partial charge is 0.341 e. The molecule has 0 atom stereocenters. The molecule has 7 heteroatoms. The Morgan fingerprint density at radius 3 is 2.64 bits per heavy atom. The van der Waals surface area contributed by atoms with Crippen molar-refractivity contribution in [2.45, 2.75) is 20.8 Å². The third-order valence-electron chi connectivity index (χ3n) is 3.77. The molecule has 0 saturated heterocycles. The molecule has 0 unspecified atom stereocenters. The highest BCUT2D eigenvalue weighted by atomic mass is 32.1. The van der Waals surface area contributed by atoms with Crippen molar-refractivity contribution in [2.24, 2.45) is 0 Å². The molecule has 0 fully saturated rings. The Kier molecular flexibility index (Phi) is 4.76. The normalized spacial score (nSPS) is 10.7. The van der Waals surface area contributed by atoms with Crippen LogP contribution in [0.2, 0.25) is 0 Å². The Bertz CT molecular complexity index is 965. The van der Waals surface area contributed by atoms with Gasteiger partial charge in [-0.1, -0.05) is 12.1 Å². The third kappa shape index (κ3) is 3.36. The second-order valence-electron chi connectivity index (χ2n) is 5.41. The van der Waals surface area contributed by atoms with E-state index in [-0.39, 0.29) is 12.3 Å². The van der Waals surface area contributed by atoms with Gasteiger partial charge in [0.05, 0.1) is 29.4 Å². The van der Waals surface area contributed by atoms with Gasteiger partial charge in [-0.2, -0.15) is 0 Å². The predicted molar refractivity (Wildman–Crippen MR) is 97.2 cm³/mol. The van der Waals surface area contributed by atoms with Gasteiger partial charge in [0.15, 0.2) is 0 Å². The quantitative estimate of drug-likeness (QED) is 0.721. The molecular formula is C18H17N3O3S. The maximum absolute atomic E-state index is 12.6. The van der Waals surface area contributed by atoms with E-state index >= 15 is 0 Å². The van der Waals surface area contributed by atoms with Crippen LogP contribution in [0.25, 0.3) is 11.0 Å². The zero-order valence-electron chi connectivity index (χ0n) is 14.1. The summed E-state index contributed by atoms with van der Waals surface area (Å²) in [6.07, 6.45) is 1.43. The Hall–Kier alpha value is -2.80. The van der Waals surface area contributed by atoms with E-state index < -0.39 is 11.9 Å². The van der Waals surface area contributed by atoms with Crippen molar-refractivity contribution in [1.82, 2.24) is 9.97 Å². The molecule has 0 saturated carbocycles. The molecule has 1 amide bonds. The molecule has 1 aromatic carbocycles. The molecule has 0 bridgehead atoms. The molecule has 0 aliphatic rings. The third-order valence-corrected chi connectivity index (χ3v) is 4.90. The van der Waals surface area contributed by atoms with Crippen molar-refractivity contribution >= 4 is 39.2 Å². The number of aryl methyl sites for hydroxylation is 1. The number of esters is 1. The number of para-hydroxylation sites is 2. The lowest BCUT2D eigenvalue weighted by Gasteiger charge is -2.07. The number of thiophene rings is 1. The number of carbonyl (C=O) groups is 2. The van der Waals surface area contributed by atoms with Gasteiger partial charge in [-0.3, -0.25) is 9.78 Å². The molecule has 2 aromatic heterocycles. The van der Waals surface area contributed by atoms with E-state index in [4.69, 9.17) is 4.74 Å². The average Bonchev–Trinajstić information content (AvgIpc) is 2.88. The summed E-state index contributed by atoms with van der Waals surface area (Å²) in [5, 5.41) is 3.23. The molecule has 0 spiro atoms. The molecule has 1 N–H and O–H groups in total. The highest BCUT2D eigenvalue weighted by Gasteiger charge is 2.23. The topological polar surface area (TPSA) is 81.2 Å². The van der Waals surface area contributed by atoms with Crippen LogP contribution in [0, 0.1) is 13.8 Å². The summed E-state index contributed by atoms with van der Waals surface area (Å²) in [5.74, 6) is -0.853. The van der Waals surface area contributed by atoms with Crippen molar-refractivity contribution < 1.29 is 14.3 Å². The maximum atomic E-state index is 12.6. The van der Waals surface area contributed by atoms with Crippen LogP contribution in [0.5, 0.6) is 0 Å². The first kappa shape index (κ1) is 17.0. The zero-order valence-corrected chi connectivity index (χ0v) is 14.9. The fourth-order valence-electron chi connectivity index (χ4n) is 2.40. The number of hydrogen-bond acceptors (Lipinski definition) is 6. The Morgan fingerprint density at radius 2 is 1.92 bits per heavy atom. The number of benzene rings is 1. The Morgan fingerprint density at radius 1 is 1.20 bits per heavy atom. The lowest BCUT2D eigenvalue weighted by atomic mass is 10.1. The number of ether oxygens (including phenoxy) is 1. The Balaban J connectivity index is 1.92. The summed E-state index contributed by atoms with van der Waals surface area (Å²) in [7, 11) is 0. The monoisotopic (exact) mass is 355 g/mol. The first-order chi connectivity index (χ1) is 12.0. The number of aromatic nitrogens is 2. The van der Waals surface area contributed by atoms with Crippen LogP contribution in [0.15, 0.2) is 30.5 Å². The number of amides is 1. The fraction of sp³-hybridized carbons (Fsp3) is 0.222. The lowest BCUT2D eigenvalue weighted by Crippen LogP contribution is -2.16. The van der Waals surface area contributed by atoms with E-state index in [2.05, 4.69) is 15.3 Å². The van der Waals surface area contributed by atoms with Crippen molar-refractivity contribution in [1.29, 1.82) is 0 Å². The van der Waals surface area contributed by atoms with Gasteiger partial charge in [0.1, 0.15) is 10.7 Å². The number of fused-ring (bicyclic) bond motifs is 1. The highest BCUT2D eigenvalue weighted by Crippen LogP contribution is 2.33. The highest BCUT2D eigenvalue weighted by molar-refractivity contribution is 7.16. The summed E-state index contributed by atoms with van der Waals surface area (Å²) >= 11 is 1.34. The molecule has 25 heavy (non-hydrogen) atoms. The number of hydrogen-bond donors (Lipinski definition) is 1. The van der Waals surface area contributed by atoms with Crippen molar-refractivity contribution in [3.63, 3.8) is 0 Å². The molecule has 2 heterocycles. The van der Waals surface area contributed by atoms with E-state index in [1.54, 1.807) is 13.0 Å². The summed E-state index contributed by atoms with van der Waals surface area (Å²) in [4.78, 5) is 34.3. The second-order valence-corrected chi connectivity index (χ2v) is 6.63. The van der Waals surface area contributed by atoms with Gasteiger partial charge >= 0.3 is 5.97 Å². The van der Waals surface area contributed by atoms with Gasteiger partial charge < -0.3 is 10.1 Å². The van der Waals surface area contributed by atoms with E-state index in [0.29, 0.717) is 21.6 Å². The molecule has 3 aromatic rings. The van der Waals surface area contributed by atoms with Crippen LogP contribution in [-0.4, -0.2) is 28.5 Å². The van der Waals surface area contributed by atoms with Gasteiger partial charge in [0.25, 0.3) is 5.91 Å². The van der Waals surface area contributed by atoms with Gasteiger partial charge in [0, 0.05) is 4.88 Å². The number of nitrogens with zero attached hydrogens (tertiary/aromatic N) is 2. The fourth-order valence-corrected chi connectivity index (χ4v) is 3.44. The van der Waals surface area contributed by atoms with Crippen LogP contribution in [0.1, 0.15) is 38.2 Å². The second kappa shape index (κ2) is 6.98. The summed E-state index contributed by atoms with van der Waals surface area (Å²) in [6, 6.07) is 7.32. The van der Waals surface area contributed by atoms with E-state index in [9.17, 15) is 9.59 Å². The van der Waals surface area contributed by atoms with Gasteiger partial charge in [-0.25, -0.2) is 9.78 Å². The van der Waals surface area contributed by atoms with Crippen LogP contribution >= 0.6 is 11.3 Å². The molecule has 0 radical (unpaired) electrons. The van der Waals surface area contributed by atoms with Crippen LogP contribution in [-0.2, 0) is 4.74 Å². The predicted octanol–water partition coefficient (Wildman–Crippen LogP) is 3.74. The first-order valence-corrected chi connectivity index (χ1v) is 8.63. The average molecular weight is 355 g/mol. The van der Waals surface area contributed by atoms with Crippen LogP contribution in [0.3, 0.4) is 0 Å². The van der Waals surface area contributed by atoms with Gasteiger partial charge in [-0.05, 0) is 38.5 Å². The van der Waals surface area contributed by atoms with Gasteiger partial charge in [-0.15, -0.1) is 11.3 Å². The molecule has 6 nitrogen and oxygen atoms in total. The lowest BCUT2D eigenvalue weighted by molar-refractivity contribution is 0.0527. The molecule has 0 aliphatic heterocycles. The first-order valence-electron chi connectivity index (χ1n) is 7.81. The zero-order chi connectivity index (χ0) is 18.0. The standard InChI is InChI=1S/C18H17N3O3S/c1-4-24-18(23)15-10(2)11(3)25-17(15)21-16(22)14-9-19-12-7-5-6-8-13(12)20-14/h5-9H,4H2,1-3H3,(H,21,22). The van der Waals surface area contributed by atoms with Crippen molar-refractivity contribution in [3.05, 3.63) is 52.2 Å². The van der Waals surface area contributed by atoms with Crippen LogP contribution < -0.4 is 5.32 Å². The number of nitrogens with one attached hydrogen (secondary N) is 1. The maximum Gasteiger partial charge on any atom is 0.341 e. The minimum atomic E-state index is -0.441. The molecule has 3 rings (SSSR count). The van der Waals surface area contributed by atoms with Gasteiger partial charge in [0.2, 0.25) is 0 Å². The SMILES string of the molecule is CCOC(=O)c1c(NC(=O)c2cnc3ccccc3n2)sc(C)c1C. The summed E-state index contributed by atoms with van der Waals surface area (Å²) in [5.41, 5.74) is 2.75. The Labute approximate surface area is 148 Å². The van der Waals surface area contributed by atoms with E-state index in [0.717, 1.165) is 10.4 Å². The number of rotatable bonds is 4. The number of carbonyl (C=O) groups excluding carboxylic acids is 2. The van der Waals surface area contributed by atoms with E-state index in [1.165, 1.54) is 17.5 Å². The van der Waals surface area contributed by atoms with E-state index in [1.807, 2.05) is 32.0 Å². The molecule has 128 valence electrons. The minimum absolute atomic E-state index is 0.192. The summed E-state index contributed by atoms with van der Waals surface area (Å²) in [6.45, 7) is 5.75. The minimum Gasteiger partial charge on any atom is -0.462 e. The molecule has 0 aliphatic carbocycles. The largest absolute Gasteiger partial charge is 0.462 e. The number of anilines is 1. The van der Waals surface area contributed by atoms with Crippen molar-refractivity contribution in [3.8, 4) is 0 Å².